The molecule has 2 heterocycles. The van der Waals surface area contributed by atoms with Gasteiger partial charge < -0.3 is 10.2 Å². The molecule has 9 heteroatoms. The van der Waals surface area contributed by atoms with E-state index in [9.17, 15) is 22.8 Å². The molecule has 0 amide bonds. The lowest BCUT2D eigenvalue weighted by Gasteiger charge is -2.33. The molecular weight excluding hydrogens is 396 g/mol. The van der Waals surface area contributed by atoms with Gasteiger partial charge in [0.25, 0.3) is 10.1 Å². The minimum absolute atomic E-state index is 0.157. The molecule has 148 valence electrons. The maximum atomic E-state index is 11.7. The molecule has 0 radical (unpaired) electrons. The third kappa shape index (κ3) is 4.39. The molecule has 1 N–H and O–H groups in total. The van der Waals surface area contributed by atoms with E-state index in [1.165, 1.54) is 0 Å². The molecule has 2 aliphatic rings. The summed E-state index contributed by atoms with van der Waals surface area (Å²) in [5.74, 6) is 11.0. The molecule has 1 aromatic carbocycles. The van der Waals surface area contributed by atoms with Crippen molar-refractivity contribution < 1.29 is 27.0 Å². The molecule has 8 nitrogen and oxygen atoms in total. The maximum Gasteiger partial charge on any atom is 0.265 e. The van der Waals surface area contributed by atoms with E-state index in [0.717, 1.165) is 11.8 Å². The molecule has 1 unspecified atom stereocenters. The summed E-state index contributed by atoms with van der Waals surface area (Å²) >= 11 is 0. The van der Waals surface area contributed by atoms with Crippen LogP contribution in [0.1, 0.15) is 29.5 Å². The zero-order valence-electron chi connectivity index (χ0n) is 15.4. The third-order valence-corrected chi connectivity index (χ3v) is 5.15. The number of allylic oxidation sites excluding steroid dienone is 1. The van der Waals surface area contributed by atoms with Crippen molar-refractivity contribution >= 4 is 33.6 Å². The molecule has 2 aliphatic heterocycles. The summed E-state index contributed by atoms with van der Waals surface area (Å²) in [6.45, 7) is 0.0172. The number of nitrogens with zero attached hydrogens (tertiary/aromatic N) is 1. The highest BCUT2D eigenvalue weighted by Crippen LogP contribution is 2.37. The smallest absolute Gasteiger partial charge is 0.265 e. The number of carbonyl (C=O) groups excluding carboxylic acids is 3. The van der Waals surface area contributed by atoms with E-state index in [4.69, 9.17) is 0 Å². The largest absolute Gasteiger partial charge is 0.348 e. The predicted octanol–water partition coefficient (Wildman–Crippen LogP) is 0.185. The van der Waals surface area contributed by atoms with Crippen LogP contribution >= 0.6 is 0 Å². The number of piperidine rings is 1. The van der Waals surface area contributed by atoms with Crippen LogP contribution in [0.15, 0.2) is 29.6 Å². The molecule has 0 spiro atoms. The Balaban J connectivity index is 1.91. The van der Waals surface area contributed by atoms with Crippen LogP contribution in [0.3, 0.4) is 0 Å². The predicted molar refractivity (Wildman–Crippen MR) is 103 cm³/mol. The number of rotatable bonds is 3. The number of fused-ring (bicyclic) bond motifs is 1. The molecule has 1 aromatic rings. The van der Waals surface area contributed by atoms with Crippen molar-refractivity contribution in [3.63, 3.8) is 0 Å². The Hall–Kier alpha value is -3.36. The minimum Gasteiger partial charge on any atom is -0.348 e. The Kier molecular flexibility index (Phi) is 5.86. The second-order valence-electron chi connectivity index (χ2n) is 6.45. The lowest BCUT2D eigenvalue weighted by atomic mass is 10.0. The zero-order chi connectivity index (χ0) is 21.0. The van der Waals surface area contributed by atoms with Crippen LogP contribution in [0.5, 0.6) is 0 Å². The summed E-state index contributed by atoms with van der Waals surface area (Å²) in [5, 5.41) is 2.72. The summed E-state index contributed by atoms with van der Waals surface area (Å²) < 4.78 is 26.7. The van der Waals surface area contributed by atoms with E-state index >= 15 is 0 Å². The van der Waals surface area contributed by atoms with Crippen LogP contribution in [0.4, 0.5) is 0 Å². The Morgan fingerprint density at radius 1 is 1.21 bits per heavy atom. The third-order valence-electron chi connectivity index (χ3n) is 4.61. The standard InChI is InChI=1S/C20H16N2O6S/c1-29(26,27)28-9-3-5-14-4-2-6-16-17(14)10-22(20(16)13-25)19-8-7-15(11-23)21-18(19)12-24/h2,4,6,19,21H,7-10H2,1H3. The van der Waals surface area contributed by atoms with Gasteiger partial charge in [0.15, 0.2) is 5.94 Å². The van der Waals surface area contributed by atoms with Gasteiger partial charge >= 0.3 is 0 Å². The number of hydrogen-bond donors (Lipinski definition) is 1. The summed E-state index contributed by atoms with van der Waals surface area (Å²) in [5.41, 5.74) is 2.73. The second kappa shape index (κ2) is 8.34. The Morgan fingerprint density at radius 3 is 2.66 bits per heavy atom. The van der Waals surface area contributed by atoms with Crippen molar-refractivity contribution in [3.05, 3.63) is 46.3 Å². The first kappa shape index (κ1) is 20.4. The molecule has 1 fully saturated rings. The monoisotopic (exact) mass is 412 g/mol. The zero-order valence-corrected chi connectivity index (χ0v) is 16.3. The molecule has 0 saturated carbocycles. The molecule has 1 saturated heterocycles. The van der Waals surface area contributed by atoms with Crippen molar-refractivity contribution in [3.8, 4) is 11.8 Å². The molecule has 3 rings (SSSR count). The molecule has 29 heavy (non-hydrogen) atoms. The first-order valence-electron chi connectivity index (χ1n) is 8.61. The topological polar surface area (TPSA) is 110 Å². The van der Waals surface area contributed by atoms with Crippen LogP contribution in [-0.4, -0.2) is 50.0 Å². The van der Waals surface area contributed by atoms with Crippen LogP contribution in [-0.2, 0) is 35.2 Å². The van der Waals surface area contributed by atoms with Crippen LogP contribution in [0.25, 0.3) is 5.70 Å². The quantitative estimate of drug-likeness (QED) is 0.426. The van der Waals surface area contributed by atoms with E-state index in [-0.39, 0.29) is 23.7 Å². The van der Waals surface area contributed by atoms with Crippen molar-refractivity contribution in [2.24, 2.45) is 0 Å². The van der Waals surface area contributed by atoms with Gasteiger partial charge in [-0.05, 0) is 18.1 Å². The fourth-order valence-corrected chi connectivity index (χ4v) is 3.64. The van der Waals surface area contributed by atoms with Crippen LogP contribution in [0.2, 0.25) is 0 Å². The molecule has 0 aromatic heterocycles. The first-order chi connectivity index (χ1) is 13.9. The molecule has 1 atom stereocenters. The highest BCUT2D eigenvalue weighted by Gasteiger charge is 2.36. The number of benzene rings is 1. The Bertz CT molecular complexity index is 1170. The second-order valence-corrected chi connectivity index (χ2v) is 8.10. The SMILES string of the molecule is CS(=O)(=O)OCC#Cc1cccc2c1CN(C1CCC(=C=O)NC1=C=O)C2=C=O. The van der Waals surface area contributed by atoms with Crippen molar-refractivity contribution in [2.75, 3.05) is 12.9 Å². The lowest BCUT2D eigenvalue weighted by molar-refractivity contribution is 0.297. The van der Waals surface area contributed by atoms with E-state index in [0.29, 0.717) is 30.5 Å². The van der Waals surface area contributed by atoms with Gasteiger partial charge in [-0.2, -0.15) is 8.42 Å². The van der Waals surface area contributed by atoms with Gasteiger partial charge in [-0.3, -0.25) is 4.18 Å². The number of hydrogen-bond acceptors (Lipinski definition) is 8. The van der Waals surface area contributed by atoms with E-state index in [1.54, 1.807) is 35.0 Å². The lowest BCUT2D eigenvalue weighted by Crippen LogP contribution is -2.41. The first-order valence-corrected chi connectivity index (χ1v) is 10.4. The highest BCUT2D eigenvalue weighted by atomic mass is 32.2. The minimum atomic E-state index is -3.58. The van der Waals surface area contributed by atoms with Crippen molar-refractivity contribution in [2.45, 2.75) is 25.4 Å². The van der Waals surface area contributed by atoms with E-state index in [1.807, 2.05) is 5.94 Å². The van der Waals surface area contributed by atoms with E-state index < -0.39 is 16.2 Å². The van der Waals surface area contributed by atoms with Gasteiger partial charge in [-0.25, -0.2) is 14.4 Å². The van der Waals surface area contributed by atoms with Crippen LogP contribution < -0.4 is 5.32 Å². The van der Waals surface area contributed by atoms with Gasteiger partial charge in [0.1, 0.15) is 35.6 Å². The van der Waals surface area contributed by atoms with Crippen molar-refractivity contribution in [1.82, 2.24) is 10.2 Å². The van der Waals surface area contributed by atoms with Gasteiger partial charge in [0.05, 0.1) is 12.3 Å². The molecule has 0 aliphatic carbocycles. The van der Waals surface area contributed by atoms with Gasteiger partial charge in [-0.1, -0.05) is 24.0 Å². The highest BCUT2D eigenvalue weighted by molar-refractivity contribution is 7.86. The van der Waals surface area contributed by atoms with E-state index in [2.05, 4.69) is 21.3 Å². The normalized spacial score (nSPS) is 18.0. The molecular formula is C20H16N2O6S. The average Bonchev–Trinajstić information content (AvgIpc) is 3.09. The summed E-state index contributed by atoms with van der Waals surface area (Å²) in [7, 11) is -3.58. The number of nitrogens with one attached hydrogen (secondary N) is 1. The fourth-order valence-electron chi connectivity index (χ4n) is 3.36. The Labute approximate surface area is 167 Å². The van der Waals surface area contributed by atoms with Crippen molar-refractivity contribution in [1.29, 1.82) is 0 Å². The molecule has 0 bridgehead atoms. The van der Waals surface area contributed by atoms with Gasteiger partial charge in [0, 0.05) is 24.1 Å². The Morgan fingerprint density at radius 2 is 2.00 bits per heavy atom. The summed E-state index contributed by atoms with van der Waals surface area (Å²) in [6, 6.07) is 4.76. The van der Waals surface area contributed by atoms with Crippen LogP contribution in [0, 0.1) is 11.8 Å². The maximum absolute atomic E-state index is 11.7. The van der Waals surface area contributed by atoms with Gasteiger partial charge in [-0.15, -0.1) is 0 Å². The summed E-state index contributed by atoms with van der Waals surface area (Å²) in [4.78, 5) is 35.7. The fraction of sp³-hybridized carbons (Fsp3) is 0.300. The summed E-state index contributed by atoms with van der Waals surface area (Å²) in [6.07, 6.45) is 1.76. The van der Waals surface area contributed by atoms with Gasteiger partial charge in [0.2, 0.25) is 0 Å². The average molecular weight is 412 g/mol.